The molecule has 1 aromatic carbocycles. The molecule has 0 aliphatic carbocycles. The third-order valence-corrected chi connectivity index (χ3v) is 3.01. The maximum atomic E-state index is 10.3. The van der Waals surface area contributed by atoms with E-state index in [0.29, 0.717) is 15.9 Å². The topological polar surface area (TPSA) is 78.0 Å². The summed E-state index contributed by atoms with van der Waals surface area (Å²) in [6.07, 6.45) is 0.515. The normalized spacial score (nSPS) is 10.3. The summed E-state index contributed by atoms with van der Waals surface area (Å²) in [5, 5.41) is 11.6. The molecule has 0 radical (unpaired) electrons. The number of carboxylic acid groups (broad SMARTS) is 1. The molecule has 1 aromatic heterocycles. The van der Waals surface area contributed by atoms with E-state index in [4.69, 9.17) is 28.3 Å². The number of nitrogens with zero attached hydrogens (tertiary/aromatic N) is 1. The van der Waals surface area contributed by atoms with Gasteiger partial charge in [-0.1, -0.05) is 29.3 Å². The summed E-state index contributed by atoms with van der Waals surface area (Å²) >= 11 is 11.7. The number of nitrogens with one attached hydrogen (secondary N) is 2. The first kappa shape index (κ1) is 12.7. The van der Waals surface area contributed by atoms with Crippen LogP contribution in [0.1, 0.15) is 5.82 Å². The summed E-state index contributed by atoms with van der Waals surface area (Å²) in [4.78, 5) is 17.4. The van der Waals surface area contributed by atoms with Gasteiger partial charge in [0.15, 0.2) is 0 Å². The second-order valence-corrected chi connectivity index (χ2v) is 4.35. The minimum Gasteiger partial charge on any atom is -0.465 e. The smallest absolute Gasteiger partial charge is 0.405 e. The van der Waals surface area contributed by atoms with E-state index < -0.39 is 6.09 Å². The molecule has 0 fully saturated rings. The van der Waals surface area contributed by atoms with Crippen molar-refractivity contribution in [2.24, 2.45) is 0 Å². The minimum atomic E-state index is -1.09. The summed E-state index contributed by atoms with van der Waals surface area (Å²) in [5.41, 5.74) is 1.58. The lowest BCUT2D eigenvalue weighted by molar-refractivity contribution is 0.193. The summed E-state index contributed by atoms with van der Waals surface area (Å²) < 4.78 is 0. The molecule has 3 N–H and O–H groups in total. The number of hydrogen-bond acceptors (Lipinski definition) is 2. The number of H-pyrrole nitrogens is 1. The van der Waals surface area contributed by atoms with Gasteiger partial charge in [0.1, 0.15) is 5.82 Å². The molecule has 0 saturated heterocycles. The van der Waals surface area contributed by atoms with E-state index in [0.717, 1.165) is 11.3 Å². The van der Waals surface area contributed by atoms with Crippen molar-refractivity contribution < 1.29 is 9.90 Å². The quantitative estimate of drug-likeness (QED) is 0.811. The molecule has 0 unspecified atom stereocenters. The molecule has 2 aromatic rings. The number of hydrogen-bond donors (Lipinski definition) is 3. The van der Waals surface area contributed by atoms with Gasteiger partial charge in [-0.05, 0) is 12.1 Å². The first-order chi connectivity index (χ1) is 8.56. The Labute approximate surface area is 113 Å². The van der Waals surface area contributed by atoms with Crippen LogP contribution in [0.25, 0.3) is 11.3 Å². The van der Waals surface area contributed by atoms with Crippen molar-refractivity contribution in [1.29, 1.82) is 0 Å². The van der Waals surface area contributed by atoms with E-state index in [-0.39, 0.29) is 6.54 Å². The molecule has 94 valence electrons. The molecule has 0 aliphatic heterocycles. The van der Waals surface area contributed by atoms with Gasteiger partial charge < -0.3 is 15.4 Å². The van der Waals surface area contributed by atoms with Crippen molar-refractivity contribution in [2.75, 3.05) is 0 Å². The number of rotatable bonds is 3. The lowest BCUT2D eigenvalue weighted by Gasteiger charge is -2.00. The molecule has 18 heavy (non-hydrogen) atoms. The highest BCUT2D eigenvalue weighted by Gasteiger charge is 2.06. The van der Waals surface area contributed by atoms with Crippen LogP contribution in [0, 0.1) is 0 Å². The molecule has 0 spiro atoms. The van der Waals surface area contributed by atoms with E-state index in [1.807, 2.05) is 0 Å². The number of aromatic nitrogens is 2. The van der Waals surface area contributed by atoms with Gasteiger partial charge in [-0.25, -0.2) is 9.78 Å². The highest BCUT2D eigenvalue weighted by molar-refractivity contribution is 6.42. The summed E-state index contributed by atoms with van der Waals surface area (Å²) in [7, 11) is 0. The van der Waals surface area contributed by atoms with Gasteiger partial charge in [0, 0.05) is 5.56 Å². The highest BCUT2D eigenvalue weighted by atomic mass is 35.5. The Bertz CT molecular complexity index is 583. The van der Waals surface area contributed by atoms with Crippen molar-refractivity contribution in [3.05, 3.63) is 40.3 Å². The predicted molar refractivity (Wildman–Crippen MR) is 68.9 cm³/mol. The number of amides is 1. The number of halogens is 2. The zero-order valence-electron chi connectivity index (χ0n) is 9.08. The van der Waals surface area contributed by atoms with Gasteiger partial charge in [0.2, 0.25) is 0 Å². The Morgan fingerprint density at radius 2 is 2.17 bits per heavy atom. The molecule has 1 heterocycles. The number of carbonyl (C=O) groups is 1. The Morgan fingerprint density at radius 3 is 2.83 bits per heavy atom. The molecule has 0 bridgehead atoms. The summed E-state index contributed by atoms with van der Waals surface area (Å²) in [5.74, 6) is 0.526. The average molecular weight is 286 g/mol. The van der Waals surface area contributed by atoms with Gasteiger partial charge in [-0.3, -0.25) is 0 Å². The molecule has 7 heteroatoms. The third kappa shape index (κ3) is 2.94. The molecule has 0 atom stereocenters. The van der Waals surface area contributed by atoms with Gasteiger partial charge in [0.25, 0.3) is 0 Å². The van der Waals surface area contributed by atoms with Crippen LogP contribution in [0.15, 0.2) is 24.4 Å². The number of benzene rings is 1. The SMILES string of the molecule is O=C(O)NCc1ncc(-c2ccc(Cl)c(Cl)c2)[nH]1. The van der Waals surface area contributed by atoms with Gasteiger partial charge >= 0.3 is 6.09 Å². The zero-order valence-corrected chi connectivity index (χ0v) is 10.6. The van der Waals surface area contributed by atoms with Gasteiger partial charge in [-0.2, -0.15) is 0 Å². The fourth-order valence-corrected chi connectivity index (χ4v) is 1.72. The zero-order chi connectivity index (χ0) is 13.1. The van der Waals surface area contributed by atoms with Crippen LogP contribution < -0.4 is 5.32 Å². The van der Waals surface area contributed by atoms with Gasteiger partial charge in [-0.15, -0.1) is 0 Å². The minimum absolute atomic E-state index is 0.122. The molecule has 2 rings (SSSR count). The van der Waals surface area contributed by atoms with Crippen molar-refractivity contribution in [2.45, 2.75) is 6.54 Å². The van der Waals surface area contributed by atoms with Crippen molar-refractivity contribution >= 4 is 29.3 Å². The second kappa shape index (κ2) is 5.29. The molecule has 0 aliphatic rings. The fraction of sp³-hybridized carbons (Fsp3) is 0.0909. The van der Waals surface area contributed by atoms with Gasteiger partial charge in [0.05, 0.1) is 28.5 Å². The van der Waals surface area contributed by atoms with Crippen LogP contribution in [-0.2, 0) is 6.54 Å². The molecular weight excluding hydrogens is 277 g/mol. The largest absolute Gasteiger partial charge is 0.465 e. The Kier molecular flexibility index (Phi) is 3.74. The first-order valence-corrected chi connectivity index (χ1v) is 5.78. The Morgan fingerprint density at radius 1 is 1.39 bits per heavy atom. The number of imidazole rings is 1. The van der Waals surface area contributed by atoms with Crippen LogP contribution in [-0.4, -0.2) is 21.2 Å². The molecular formula is C11H9Cl2N3O2. The fourth-order valence-electron chi connectivity index (χ4n) is 1.42. The third-order valence-electron chi connectivity index (χ3n) is 2.27. The predicted octanol–water partition coefficient (Wildman–Crippen LogP) is 3.15. The van der Waals surface area contributed by atoms with E-state index in [1.165, 1.54) is 0 Å². The highest BCUT2D eigenvalue weighted by Crippen LogP contribution is 2.27. The van der Waals surface area contributed by atoms with Crippen LogP contribution in [0.4, 0.5) is 4.79 Å². The Hall–Kier alpha value is -1.72. The monoisotopic (exact) mass is 285 g/mol. The first-order valence-electron chi connectivity index (χ1n) is 5.02. The standard InChI is InChI=1S/C11H9Cl2N3O2/c12-7-2-1-6(3-8(7)13)9-4-14-10(16-9)5-15-11(17)18/h1-4,15H,5H2,(H,14,16)(H,17,18). The van der Waals surface area contributed by atoms with Crippen LogP contribution >= 0.6 is 23.2 Å². The van der Waals surface area contributed by atoms with Crippen LogP contribution in [0.3, 0.4) is 0 Å². The number of aromatic amines is 1. The maximum absolute atomic E-state index is 10.3. The summed E-state index contributed by atoms with van der Waals surface area (Å²) in [6.45, 7) is 0.122. The maximum Gasteiger partial charge on any atom is 0.405 e. The average Bonchev–Trinajstić information content (AvgIpc) is 2.79. The molecule has 1 amide bonds. The molecule has 5 nitrogen and oxygen atoms in total. The molecule has 0 saturated carbocycles. The van der Waals surface area contributed by atoms with Crippen molar-refractivity contribution in [3.63, 3.8) is 0 Å². The van der Waals surface area contributed by atoms with E-state index in [9.17, 15) is 4.79 Å². The van der Waals surface area contributed by atoms with Crippen molar-refractivity contribution in [1.82, 2.24) is 15.3 Å². The second-order valence-electron chi connectivity index (χ2n) is 3.53. The van der Waals surface area contributed by atoms with E-state index >= 15 is 0 Å². The Balaban J connectivity index is 2.18. The van der Waals surface area contributed by atoms with E-state index in [2.05, 4.69) is 15.3 Å². The van der Waals surface area contributed by atoms with E-state index in [1.54, 1.807) is 24.4 Å². The summed E-state index contributed by atoms with van der Waals surface area (Å²) in [6, 6.07) is 5.21. The van der Waals surface area contributed by atoms with Crippen molar-refractivity contribution in [3.8, 4) is 11.3 Å². The lowest BCUT2D eigenvalue weighted by atomic mass is 10.2. The van der Waals surface area contributed by atoms with Crippen LogP contribution in [0.5, 0.6) is 0 Å². The lowest BCUT2D eigenvalue weighted by Crippen LogP contribution is -2.20. The van der Waals surface area contributed by atoms with Crippen LogP contribution in [0.2, 0.25) is 10.0 Å².